The average Bonchev–Trinajstić information content (AvgIpc) is 2.97. The van der Waals surface area contributed by atoms with E-state index in [2.05, 4.69) is 41.6 Å². The molecule has 1 unspecified atom stereocenters. The summed E-state index contributed by atoms with van der Waals surface area (Å²) in [5.41, 5.74) is 10.1. The fourth-order valence-corrected chi connectivity index (χ4v) is 2.21. The van der Waals surface area contributed by atoms with Gasteiger partial charge in [-0.3, -0.25) is 0 Å². The van der Waals surface area contributed by atoms with Gasteiger partial charge in [-0.1, -0.05) is 59.8 Å². The summed E-state index contributed by atoms with van der Waals surface area (Å²) in [6.45, 7) is 0.509. The van der Waals surface area contributed by atoms with Gasteiger partial charge < -0.3 is 10.6 Å². The molecule has 104 valence electrons. The Labute approximate surface area is 124 Å². The summed E-state index contributed by atoms with van der Waals surface area (Å²) >= 11 is 0. The molecule has 0 bridgehead atoms. The van der Waals surface area contributed by atoms with E-state index in [-0.39, 0.29) is 18.5 Å². The van der Waals surface area contributed by atoms with Gasteiger partial charge in [-0.15, -0.1) is 12.4 Å². The standard InChI is InChI=1S/C16H16N2O.ClH/c17-11-15-10-16(18-19-15)14-8-6-13(7-9-14)12-4-2-1-3-5-12;/h1-9,15H,10-11,17H2;1H. The second-order valence-corrected chi connectivity index (χ2v) is 4.65. The molecular formula is C16H17ClN2O. The Hall–Kier alpha value is -1.84. The van der Waals surface area contributed by atoms with Gasteiger partial charge in [0.15, 0.2) is 0 Å². The Bertz CT molecular complexity index is 581. The first-order chi connectivity index (χ1) is 9.36. The lowest BCUT2D eigenvalue weighted by molar-refractivity contribution is 0.0918. The quantitative estimate of drug-likeness (QED) is 0.942. The Morgan fingerprint density at radius 3 is 2.15 bits per heavy atom. The molecule has 1 aliphatic rings. The van der Waals surface area contributed by atoms with Crippen molar-refractivity contribution < 1.29 is 4.84 Å². The molecule has 0 aromatic heterocycles. The minimum atomic E-state index is 0. The molecule has 0 spiro atoms. The van der Waals surface area contributed by atoms with Crippen LogP contribution in [0.1, 0.15) is 12.0 Å². The maximum absolute atomic E-state index is 5.58. The molecule has 2 aromatic carbocycles. The van der Waals surface area contributed by atoms with Crippen LogP contribution in [0, 0.1) is 0 Å². The number of rotatable bonds is 3. The zero-order chi connectivity index (χ0) is 13.1. The molecule has 3 rings (SSSR count). The van der Waals surface area contributed by atoms with Crippen LogP contribution in [0.4, 0.5) is 0 Å². The van der Waals surface area contributed by atoms with E-state index in [0.29, 0.717) is 6.54 Å². The number of halogens is 1. The third-order valence-corrected chi connectivity index (χ3v) is 3.32. The van der Waals surface area contributed by atoms with Crippen LogP contribution in [-0.4, -0.2) is 18.4 Å². The lowest BCUT2D eigenvalue weighted by Gasteiger charge is -2.04. The van der Waals surface area contributed by atoms with E-state index in [1.54, 1.807) is 0 Å². The molecular weight excluding hydrogens is 272 g/mol. The largest absolute Gasteiger partial charge is 0.390 e. The normalized spacial score (nSPS) is 17.1. The topological polar surface area (TPSA) is 47.6 Å². The van der Waals surface area contributed by atoms with Gasteiger partial charge in [-0.2, -0.15) is 0 Å². The van der Waals surface area contributed by atoms with Crippen molar-refractivity contribution in [2.24, 2.45) is 10.9 Å². The van der Waals surface area contributed by atoms with Crippen LogP contribution >= 0.6 is 12.4 Å². The van der Waals surface area contributed by atoms with Crippen molar-refractivity contribution in [1.29, 1.82) is 0 Å². The second-order valence-electron chi connectivity index (χ2n) is 4.65. The molecule has 20 heavy (non-hydrogen) atoms. The molecule has 2 aromatic rings. The third kappa shape index (κ3) is 3.00. The number of oxime groups is 1. The second kappa shape index (κ2) is 6.55. The van der Waals surface area contributed by atoms with Gasteiger partial charge in [0, 0.05) is 13.0 Å². The van der Waals surface area contributed by atoms with Gasteiger partial charge >= 0.3 is 0 Å². The molecule has 4 heteroatoms. The molecule has 0 radical (unpaired) electrons. The first kappa shape index (κ1) is 14.6. The Morgan fingerprint density at radius 1 is 0.950 bits per heavy atom. The molecule has 1 aliphatic heterocycles. The van der Waals surface area contributed by atoms with Crippen molar-refractivity contribution in [3.63, 3.8) is 0 Å². The lowest BCUT2D eigenvalue weighted by atomic mass is 10.0. The van der Waals surface area contributed by atoms with E-state index < -0.39 is 0 Å². The van der Waals surface area contributed by atoms with Gasteiger partial charge in [0.25, 0.3) is 0 Å². The highest BCUT2D eigenvalue weighted by Gasteiger charge is 2.20. The van der Waals surface area contributed by atoms with Crippen molar-refractivity contribution in [2.75, 3.05) is 6.54 Å². The Kier molecular flexibility index (Phi) is 4.77. The van der Waals surface area contributed by atoms with Crippen molar-refractivity contribution in [2.45, 2.75) is 12.5 Å². The zero-order valence-corrected chi connectivity index (χ0v) is 11.8. The Balaban J connectivity index is 0.00000147. The number of benzene rings is 2. The van der Waals surface area contributed by atoms with Crippen molar-refractivity contribution >= 4 is 18.1 Å². The van der Waals surface area contributed by atoms with E-state index in [1.807, 2.05) is 18.2 Å². The summed E-state index contributed by atoms with van der Waals surface area (Å²) in [4.78, 5) is 5.25. The molecule has 1 atom stereocenters. The van der Waals surface area contributed by atoms with Crippen LogP contribution in [0.2, 0.25) is 0 Å². The van der Waals surface area contributed by atoms with E-state index in [9.17, 15) is 0 Å². The number of nitrogens with zero attached hydrogens (tertiary/aromatic N) is 1. The fourth-order valence-electron chi connectivity index (χ4n) is 2.21. The van der Waals surface area contributed by atoms with E-state index in [4.69, 9.17) is 10.6 Å². The van der Waals surface area contributed by atoms with Crippen LogP contribution < -0.4 is 5.73 Å². The van der Waals surface area contributed by atoms with Crippen LogP contribution in [0.5, 0.6) is 0 Å². The highest BCUT2D eigenvalue weighted by Crippen LogP contribution is 2.21. The number of hydrogen-bond donors (Lipinski definition) is 1. The first-order valence-corrected chi connectivity index (χ1v) is 6.45. The smallest absolute Gasteiger partial charge is 0.145 e. The van der Waals surface area contributed by atoms with E-state index in [0.717, 1.165) is 17.7 Å². The van der Waals surface area contributed by atoms with Crippen LogP contribution in [0.25, 0.3) is 11.1 Å². The van der Waals surface area contributed by atoms with Crippen molar-refractivity contribution in [3.05, 3.63) is 60.2 Å². The molecule has 0 aliphatic carbocycles. The predicted octanol–water partition coefficient (Wildman–Crippen LogP) is 3.23. The maximum atomic E-state index is 5.58. The van der Waals surface area contributed by atoms with Gasteiger partial charge in [-0.25, -0.2) is 0 Å². The molecule has 0 saturated heterocycles. The Morgan fingerprint density at radius 2 is 1.55 bits per heavy atom. The summed E-state index contributed by atoms with van der Waals surface area (Å²) in [6, 6.07) is 18.7. The number of hydrogen-bond acceptors (Lipinski definition) is 3. The molecule has 0 saturated carbocycles. The summed E-state index contributed by atoms with van der Waals surface area (Å²) in [6.07, 6.45) is 0.824. The zero-order valence-electron chi connectivity index (χ0n) is 11.0. The summed E-state index contributed by atoms with van der Waals surface area (Å²) < 4.78 is 0. The molecule has 2 N–H and O–H groups in total. The average molecular weight is 289 g/mol. The minimum Gasteiger partial charge on any atom is -0.390 e. The van der Waals surface area contributed by atoms with Crippen LogP contribution in [0.3, 0.4) is 0 Å². The fraction of sp³-hybridized carbons (Fsp3) is 0.188. The van der Waals surface area contributed by atoms with Crippen LogP contribution in [0.15, 0.2) is 59.8 Å². The summed E-state index contributed by atoms with van der Waals surface area (Å²) in [7, 11) is 0. The van der Waals surface area contributed by atoms with Gasteiger partial charge in [0.05, 0.1) is 5.71 Å². The van der Waals surface area contributed by atoms with E-state index in [1.165, 1.54) is 11.1 Å². The monoisotopic (exact) mass is 288 g/mol. The highest BCUT2D eigenvalue weighted by atomic mass is 35.5. The predicted molar refractivity (Wildman–Crippen MR) is 84.2 cm³/mol. The van der Waals surface area contributed by atoms with E-state index >= 15 is 0 Å². The minimum absolute atomic E-state index is 0. The highest BCUT2D eigenvalue weighted by molar-refractivity contribution is 6.01. The van der Waals surface area contributed by atoms with Gasteiger partial charge in [0.2, 0.25) is 0 Å². The molecule has 3 nitrogen and oxygen atoms in total. The molecule has 0 amide bonds. The number of nitrogens with two attached hydrogens (primary N) is 1. The summed E-state index contributed by atoms with van der Waals surface area (Å²) in [5.74, 6) is 0. The van der Waals surface area contributed by atoms with Crippen molar-refractivity contribution in [3.8, 4) is 11.1 Å². The lowest BCUT2D eigenvalue weighted by Crippen LogP contribution is -2.20. The van der Waals surface area contributed by atoms with Gasteiger partial charge in [-0.05, 0) is 16.7 Å². The third-order valence-electron chi connectivity index (χ3n) is 3.32. The van der Waals surface area contributed by atoms with Crippen LogP contribution in [-0.2, 0) is 4.84 Å². The SMILES string of the molecule is Cl.NCC1CC(c2ccc(-c3ccccc3)cc2)=NO1. The molecule has 1 heterocycles. The first-order valence-electron chi connectivity index (χ1n) is 6.45. The van der Waals surface area contributed by atoms with Crippen molar-refractivity contribution in [1.82, 2.24) is 0 Å². The molecule has 0 fully saturated rings. The summed E-state index contributed by atoms with van der Waals surface area (Å²) in [5, 5.41) is 4.10. The van der Waals surface area contributed by atoms with Gasteiger partial charge in [0.1, 0.15) is 6.10 Å². The maximum Gasteiger partial charge on any atom is 0.145 e.